The lowest BCUT2D eigenvalue weighted by Gasteiger charge is -2.35. The third-order valence-corrected chi connectivity index (χ3v) is 4.68. The van der Waals surface area contributed by atoms with E-state index < -0.39 is 5.60 Å². The molecular formula is C17H33N3O2. The molecule has 0 atom stereocenters. The second-order valence-corrected chi connectivity index (χ2v) is 6.68. The maximum atomic E-state index is 10.1. The summed E-state index contributed by atoms with van der Waals surface area (Å²) in [7, 11) is 0. The van der Waals surface area contributed by atoms with Gasteiger partial charge in [-0.15, -0.1) is 0 Å². The highest BCUT2D eigenvalue weighted by molar-refractivity contribution is 5.79. The van der Waals surface area contributed by atoms with E-state index in [1.165, 1.54) is 32.1 Å². The van der Waals surface area contributed by atoms with E-state index in [9.17, 15) is 5.11 Å². The number of ether oxygens (including phenoxy) is 1. The van der Waals surface area contributed by atoms with Gasteiger partial charge in [0.05, 0.1) is 18.2 Å². The van der Waals surface area contributed by atoms with Gasteiger partial charge in [-0.1, -0.05) is 19.3 Å². The molecule has 0 aliphatic heterocycles. The van der Waals surface area contributed by atoms with Crippen LogP contribution < -0.4 is 10.6 Å². The molecule has 2 rings (SSSR count). The minimum absolute atomic E-state index is 0.489. The van der Waals surface area contributed by atoms with Crippen LogP contribution in [0.1, 0.15) is 64.7 Å². The summed E-state index contributed by atoms with van der Waals surface area (Å²) in [5.41, 5.74) is -0.549. The number of aliphatic imine (C=N–C) groups is 1. The molecule has 2 aliphatic carbocycles. The van der Waals surface area contributed by atoms with E-state index in [0.29, 0.717) is 12.6 Å². The highest BCUT2D eigenvalue weighted by Crippen LogP contribution is 2.31. The Bertz CT molecular complexity index is 337. The van der Waals surface area contributed by atoms with E-state index in [2.05, 4.69) is 22.5 Å². The zero-order chi connectivity index (χ0) is 15.7. The molecule has 0 spiro atoms. The smallest absolute Gasteiger partial charge is 0.191 e. The standard InChI is InChI=1S/C17H33N3O2/c1-2-18-16(20-14-17(21)10-6-11-17)19-12-7-13-22-15-8-4-3-5-9-15/h15,21H,2-14H2,1H3,(H2,18,19,20). The van der Waals surface area contributed by atoms with Crippen molar-refractivity contribution in [3.05, 3.63) is 0 Å². The number of hydrogen-bond acceptors (Lipinski definition) is 3. The van der Waals surface area contributed by atoms with Gasteiger partial charge in [0.2, 0.25) is 0 Å². The van der Waals surface area contributed by atoms with Gasteiger partial charge in [-0.05, 0) is 45.4 Å². The molecule has 0 unspecified atom stereocenters. The van der Waals surface area contributed by atoms with Gasteiger partial charge in [-0.25, -0.2) is 0 Å². The van der Waals surface area contributed by atoms with Crippen LogP contribution in [0.2, 0.25) is 0 Å². The molecule has 0 aromatic rings. The zero-order valence-electron chi connectivity index (χ0n) is 14.1. The summed E-state index contributed by atoms with van der Waals surface area (Å²) in [5.74, 6) is 0.806. The Morgan fingerprint density at radius 3 is 2.59 bits per heavy atom. The molecule has 128 valence electrons. The third kappa shape index (κ3) is 6.13. The predicted molar refractivity (Wildman–Crippen MR) is 90.2 cm³/mol. The fraction of sp³-hybridized carbons (Fsp3) is 0.941. The van der Waals surface area contributed by atoms with E-state index >= 15 is 0 Å². The molecule has 2 fully saturated rings. The Balaban J connectivity index is 1.58. The van der Waals surface area contributed by atoms with Gasteiger partial charge in [0.25, 0.3) is 0 Å². The first-order chi connectivity index (χ1) is 10.7. The van der Waals surface area contributed by atoms with Crippen molar-refractivity contribution in [2.75, 3.05) is 26.2 Å². The lowest BCUT2D eigenvalue weighted by molar-refractivity contribution is -0.0236. The summed E-state index contributed by atoms with van der Waals surface area (Å²) in [4.78, 5) is 4.50. The first-order valence-corrected chi connectivity index (χ1v) is 9.08. The van der Waals surface area contributed by atoms with Crippen LogP contribution in [-0.2, 0) is 4.74 Å². The van der Waals surface area contributed by atoms with Gasteiger partial charge in [0.1, 0.15) is 0 Å². The largest absolute Gasteiger partial charge is 0.388 e. The molecule has 0 aromatic carbocycles. The van der Waals surface area contributed by atoms with E-state index in [1.54, 1.807) is 0 Å². The Morgan fingerprint density at radius 2 is 1.95 bits per heavy atom. The number of nitrogens with zero attached hydrogens (tertiary/aromatic N) is 1. The van der Waals surface area contributed by atoms with E-state index in [-0.39, 0.29) is 0 Å². The number of aliphatic hydroxyl groups is 1. The van der Waals surface area contributed by atoms with Crippen molar-refractivity contribution in [3.8, 4) is 0 Å². The fourth-order valence-electron chi connectivity index (χ4n) is 3.07. The lowest BCUT2D eigenvalue weighted by atomic mass is 9.80. The van der Waals surface area contributed by atoms with Crippen LogP contribution in [0, 0.1) is 0 Å². The molecule has 5 heteroatoms. The topological polar surface area (TPSA) is 65.9 Å². The van der Waals surface area contributed by atoms with Crippen LogP contribution in [0.3, 0.4) is 0 Å². The molecule has 0 heterocycles. The van der Waals surface area contributed by atoms with E-state index in [1.807, 2.05) is 0 Å². The van der Waals surface area contributed by atoms with Gasteiger partial charge in [-0.3, -0.25) is 4.99 Å². The molecule has 0 aromatic heterocycles. The summed E-state index contributed by atoms with van der Waals surface area (Å²) in [6, 6.07) is 0. The van der Waals surface area contributed by atoms with Crippen LogP contribution in [0.5, 0.6) is 0 Å². The molecule has 0 amide bonds. The molecule has 3 N–H and O–H groups in total. The highest BCUT2D eigenvalue weighted by atomic mass is 16.5. The zero-order valence-corrected chi connectivity index (χ0v) is 14.1. The first-order valence-electron chi connectivity index (χ1n) is 9.08. The summed E-state index contributed by atoms with van der Waals surface area (Å²) >= 11 is 0. The molecule has 0 saturated heterocycles. The summed E-state index contributed by atoms with van der Waals surface area (Å²) in [5, 5.41) is 16.7. The monoisotopic (exact) mass is 311 g/mol. The molecule has 0 bridgehead atoms. The summed E-state index contributed by atoms with van der Waals surface area (Å²) in [6.07, 6.45) is 10.8. The van der Waals surface area contributed by atoms with Gasteiger partial charge in [-0.2, -0.15) is 0 Å². The van der Waals surface area contributed by atoms with Crippen LogP contribution in [-0.4, -0.2) is 49.0 Å². The van der Waals surface area contributed by atoms with Crippen LogP contribution in [0.15, 0.2) is 4.99 Å². The van der Waals surface area contributed by atoms with E-state index in [0.717, 1.165) is 51.3 Å². The number of guanidine groups is 1. The number of rotatable bonds is 8. The van der Waals surface area contributed by atoms with Gasteiger partial charge < -0.3 is 20.5 Å². The molecule has 5 nitrogen and oxygen atoms in total. The van der Waals surface area contributed by atoms with Crippen molar-refractivity contribution in [3.63, 3.8) is 0 Å². The lowest BCUT2D eigenvalue weighted by Crippen LogP contribution is -2.43. The van der Waals surface area contributed by atoms with Gasteiger partial charge >= 0.3 is 0 Å². The van der Waals surface area contributed by atoms with Crippen LogP contribution in [0.4, 0.5) is 0 Å². The van der Waals surface area contributed by atoms with Crippen molar-refractivity contribution >= 4 is 5.96 Å². The minimum atomic E-state index is -0.549. The molecule has 2 aliphatic rings. The van der Waals surface area contributed by atoms with Crippen molar-refractivity contribution in [1.29, 1.82) is 0 Å². The Labute approximate surface area is 134 Å². The Morgan fingerprint density at radius 1 is 1.18 bits per heavy atom. The maximum absolute atomic E-state index is 10.1. The van der Waals surface area contributed by atoms with Crippen molar-refractivity contribution in [2.45, 2.75) is 76.4 Å². The van der Waals surface area contributed by atoms with Gasteiger partial charge in [0.15, 0.2) is 5.96 Å². The Kier molecular flexibility index (Phi) is 7.46. The van der Waals surface area contributed by atoms with Crippen LogP contribution in [0.25, 0.3) is 0 Å². The summed E-state index contributed by atoms with van der Waals surface area (Å²) < 4.78 is 5.93. The highest BCUT2D eigenvalue weighted by Gasteiger charge is 2.34. The van der Waals surface area contributed by atoms with Crippen molar-refractivity contribution in [1.82, 2.24) is 10.6 Å². The Hall–Kier alpha value is -0.810. The van der Waals surface area contributed by atoms with Gasteiger partial charge in [0, 0.05) is 19.7 Å². The quantitative estimate of drug-likeness (QED) is 0.365. The fourth-order valence-corrected chi connectivity index (χ4v) is 3.07. The average molecular weight is 311 g/mol. The first kappa shape index (κ1) is 17.5. The second kappa shape index (κ2) is 9.36. The van der Waals surface area contributed by atoms with E-state index in [4.69, 9.17) is 4.74 Å². The predicted octanol–water partition coefficient (Wildman–Crippen LogP) is 2.20. The molecule has 2 saturated carbocycles. The average Bonchev–Trinajstić information content (AvgIpc) is 2.51. The SMILES string of the molecule is CCNC(=NCC1(O)CCC1)NCCCOC1CCCCC1. The molecular weight excluding hydrogens is 278 g/mol. The molecule has 0 radical (unpaired) electrons. The number of nitrogens with one attached hydrogen (secondary N) is 2. The van der Waals surface area contributed by atoms with Crippen molar-refractivity contribution in [2.24, 2.45) is 4.99 Å². The normalized spacial score (nSPS) is 22.2. The second-order valence-electron chi connectivity index (χ2n) is 6.68. The minimum Gasteiger partial charge on any atom is -0.388 e. The number of hydrogen-bond donors (Lipinski definition) is 3. The van der Waals surface area contributed by atoms with Crippen LogP contribution >= 0.6 is 0 Å². The third-order valence-electron chi connectivity index (χ3n) is 4.68. The summed E-state index contributed by atoms with van der Waals surface area (Å²) in [6.45, 7) is 5.07. The molecule has 22 heavy (non-hydrogen) atoms. The van der Waals surface area contributed by atoms with Crippen molar-refractivity contribution < 1.29 is 9.84 Å². The maximum Gasteiger partial charge on any atom is 0.191 e.